The highest BCUT2D eigenvalue weighted by Gasteiger charge is 2.23. The van der Waals surface area contributed by atoms with Crippen molar-refractivity contribution in [2.45, 2.75) is 13.3 Å². The summed E-state index contributed by atoms with van der Waals surface area (Å²) in [5.41, 5.74) is 1.72. The van der Waals surface area contributed by atoms with Gasteiger partial charge in [0, 0.05) is 31.4 Å². The van der Waals surface area contributed by atoms with Crippen LogP contribution in [0.25, 0.3) is 0 Å². The molecule has 1 aliphatic heterocycles. The van der Waals surface area contributed by atoms with Gasteiger partial charge in [0.15, 0.2) is 18.1 Å². The molecule has 2 aromatic rings. The van der Waals surface area contributed by atoms with E-state index in [1.807, 2.05) is 25.1 Å². The van der Waals surface area contributed by atoms with Gasteiger partial charge in [0.05, 0.1) is 18.2 Å². The van der Waals surface area contributed by atoms with Crippen LogP contribution in [0.5, 0.6) is 11.5 Å². The number of nitrogens with zero attached hydrogens (tertiary/aromatic N) is 2. The van der Waals surface area contributed by atoms with E-state index in [0.29, 0.717) is 36.1 Å². The van der Waals surface area contributed by atoms with E-state index in [-0.39, 0.29) is 12.5 Å². The van der Waals surface area contributed by atoms with Crippen LogP contribution in [0, 0.1) is 17.2 Å². The van der Waals surface area contributed by atoms with Crippen molar-refractivity contribution in [3.8, 4) is 17.6 Å². The minimum atomic E-state index is -0.162. The number of carbonyl (C=O) groups excluding carboxylic acids is 1. The minimum Gasteiger partial charge on any atom is -0.490 e. The molecule has 2 aromatic carbocycles. The molecule has 1 saturated heterocycles. The number of rotatable bonds is 8. The lowest BCUT2D eigenvalue weighted by atomic mass is 10.1. The molecule has 0 bridgehead atoms. The number of para-hydroxylation sites is 1. The number of anilines is 1. The number of benzene rings is 2. The summed E-state index contributed by atoms with van der Waals surface area (Å²) in [6, 6.07) is 17.3. The Balaban J connectivity index is 1.45. The van der Waals surface area contributed by atoms with E-state index >= 15 is 0 Å². The van der Waals surface area contributed by atoms with Gasteiger partial charge in [-0.3, -0.25) is 4.79 Å². The topological polar surface area (TPSA) is 74.6 Å². The van der Waals surface area contributed by atoms with Crippen LogP contribution in [-0.2, 0) is 4.79 Å². The van der Waals surface area contributed by atoms with E-state index < -0.39 is 0 Å². The third-order valence-corrected chi connectivity index (χ3v) is 4.73. The highest BCUT2D eigenvalue weighted by Crippen LogP contribution is 2.28. The van der Waals surface area contributed by atoms with Gasteiger partial charge < -0.3 is 19.7 Å². The lowest BCUT2D eigenvalue weighted by Gasteiger charge is -2.18. The molecule has 28 heavy (non-hydrogen) atoms. The molecule has 1 amide bonds. The highest BCUT2D eigenvalue weighted by atomic mass is 16.5. The summed E-state index contributed by atoms with van der Waals surface area (Å²) < 4.78 is 11.1. The van der Waals surface area contributed by atoms with Crippen molar-refractivity contribution in [3.63, 3.8) is 0 Å². The van der Waals surface area contributed by atoms with Gasteiger partial charge in [-0.25, -0.2) is 0 Å². The van der Waals surface area contributed by atoms with Crippen molar-refractivity contribution in [3.05, 3.63) is 54.1 Å². The maximum atomic E-state index is 12.2. The Morgan fingerprint density at radius 1 is 1.21 bits per heavy atom. The average Bonchev–Trinajstić information content (AvgIpc) is 3.21. The molecule has 3 rings (SSSR count). The number of hydrogen-bond donors (Lipinski definition) is 1. The first-order valence-electron chi connectivity index (χ1n) is 9.56. The number of hydrogen-bond acceptors (Lipinski definition) is 5. The maximum absolute atomic E-state index is 12.2. The molecule has 0 spiro atoms. The molecule has 1 N–H and O–H groups in total. The summed E-state index contributed by atoms with van der Waals surface area (Å²) in [5.74, 6) is 1.21. The lowest BCUT2D eigenvalue weighted by molar-refractivity contribution is -0.123. The standard InChI is InChI=1S/C22H25N3O3/c1-2-27-21-12-17(13-23)8-9-20(21)28-16-22(26)24-14-18-10-11-25(15-18)19-6-4-3-5-7-19/h3-9,12,18H,2,10-11,14-16H2,1H3,(H,24,26). The smallest absolute Gasteiger partial charge is 0.257 e. The summed E-state index contributed by atoms with van der Waals surface area (Å²) in [7, 11) is 0. The fraction of sp³-hybridized carbons (Fsp3) is 0.364. The highest BCUT2D eigenvalue weighted by molar-refractivity contribution is 5.77. The maximum Gasteiger partial charge on any atom is 0.257 e. The minimum absolute atomic E-state index is 0.0822. The molecule has 0 saturated carbocycles. The monoisotopic (exact) mass is 379 g/mol. The van der Waals surface area contributed by atoms with E-state index in [1.54, 1.807) is 18.2 Å². The van der Waals surface area contributed by atoms with E-state index in [0.717, 1.165) is 19.5 Å². The second-order valence-electron chi connectivity index (χ2n) is 6.74. The molecule has 1 heterocycles. The summed E-state index contributed by atoms with van der Waals surface area (Å²) in [5, 5.41) is 11.9. The number of carbonyl (C=O) groups is 1. The van der Waals surface area contributed by atoms with Crippen molar-refractivity contribution in [1.29, 1.82) is 5.26 Å². The molecule has 6 nitrogen and oxygen atoms in total. The Hall–Kier alpha value is -3.20. The van der Waals surface area contributed by atoms with E-state index in [4.69, 9.17) is 14.7 Å². The van der Waals surface area contributed by atoms with E-state index in [9.17, 15) is 4.79 Å². The molecular weight excluding hydrogens is 354 g/mol. The SMILES string of the molecule is CCOc1cc(C#N)ccc1OCC(=O)NCC1CCN(c2ccccc2)C1. The zero-order valence-electron chi connectivity index (χ0n) is 16.1. The fourth-order valence-electron chi connectivity index (χ4n) is 3.29. The summed E-state index contributed by atoms with van der Waals surface area (Å²) in [6.45, 7) is 4.81. The Morgan fingerprint density at radius 2 is 2.04 bits per heavy atom. The van der Waals surface area contributed by atoms with Crippen molar-refractivity contribution in [2.75, 3.05) is 37.7 Å². The largest absolute Gasteiger partial charge is 0.490 e. The van der Waals surface area contributed by atoms with Crippen LogP contribution in [0.3, 0.4) is 0 Å². The van der Waals surface area contributed by atoms with Crippen molar-refractivity contribution >= 4 is 11.6 Å². The van der Waals surface area contributed by atoms with Gasteiger partial charge in [-0.15, -0.1) is 0 Å². The van der Waals surface area contributed by atoms with Gasteiger partial charge >= 0.3 is 0 Å². The Morgan fingerprint density at radius 3 is 2.79 bits per heavy atom. The number of nitrogens with one attached hydrogen (secondary N) is 1. The first-order valence-corrected chi connectivity index (χ1v) is 9.56. The summed E-state index contributed by atoms with van der Waals surface area (Å²) in [6.07, 6.45) is 1.06. The predicted molar refractivity (Wildman–Crippen MR) is 108 cm³/mol. The van der Waals surface area contributed by atoms with Crippen molar-refractivity contribution < 1.29 is 14.3 Å². The van der Waals surface area contributed by atoms with Gasteiger partial charge in [0.25, 0.3) is 5.91 Å². The second-order valence-corrected chi connectivity index (χ2v) is 6.74. The molecule has 1 atom stereocenters. The average molecular weight is 379 g/mol. The molecule has 1 unspecified atom stereocenters. The van der Waals surface area contributed by atoms with Crippen molar-refractivity contribution in [1.82, 2.24) is 5.32 Å². The van der Waals surface area contributed by atoms with Crippen LogP contribution in [0.4, 0.5) is 5.69 Å². The molecule has 0 aromatic heterocycles. The van der Waals surface area contributed by atoms with Gasteiger partial charge in [-0.1, -0.05) is 18.2 Å². The Labute approximate surface area is 165 Å². The Kier molecular flexibility index (Phi) is 6.74. The number of amides is 1. The first kappa shape index (κ1) is 19.6. The van der Waals surface area contributed by atoms with Gasteiger partial charge in [-0.05, 0) is 43.5 Å². The fourth-order valence-corrected chi connectivity index (χ4v) is 3.29. The summed E-state index contributed by atoms with van der Waals surface area (Å²) >= 11 is 0. The molecule has 1 aliphatic rings. The summed E-state index contributed by atoms with van der Waals surface area (Å²) in [4.78, 5) is 14.5. The molecule has 0 radical (unpaired) electrons. The van der Waals surface area contributed by atoms with Gasteiger partial charge in [0.2, 0.25) is 0 Å². The molecular formula is C22H25N3O3. The number of ether oxygens (including phenoxy) is 2. The van der Waals surface area contributed by atoms with Crippen LogP contribution >= 0.6 is 0 Å². The van der Waals surface area contributed by atoms with E-state index in [2.05, 4.69) is 28.4 Å². The zero-order chi connectivity index (χ0) is 19.8. The van der Waals surface area contributed by atoms with Crippen LogP contribution < -0.4 is 19.7 Å². The van der Waals surface area contributed by atoms with E-state index in [1.165, 1.54) is 5.69 Å². The number of nitriles is 1. The second kappa shape index (κ2) is 9.65. The third-order valence-electron chi connectivity index (χ3n) is 4.73. The third kappa shape index (κ3) is 5.17. The van der Waals surface area contributed by atoms with Crippen LogP contribution in [0.2, 0.25) is 0 Å². The molecule has 0 aliphatic carbocycles. The quantitative estimate of drug-likeness (QED) is 0.763. The van der Waals surface area contributed by atoms with Crippen molar-refractivity contribution in [2.24, 2.45) is 5.92 Å². The first-order chi connectivity index (χ1) is 13.7. The predicted octanol–water partition coefficient (Wildman–Crippen LogP) is 2.98. The van der Waals surface area contributed by atoms with Crippen LogP contribution in [-0.4, -0.2) is 38.8 Å². The normalized spacial score (nSPS) is 15.7. The molecule has 146 valence electrons. The van der Waals surface area contributed by atoms with Gasteiger partial charge in [0.1, 0.15) is 0 Å². The zero-order valence-corrected chi connectivity index (χ0v) is 16.1. The molecule has 1 fully saturated rings. The van der Waals surface area contributed by atoms with Crippen LogP contribution in [0.1, 0.15) is 18.9 Å². The van der Waals surface area contributed by atoms with Crippen LogP contribution in [0.15, 0.2) is 48.5 Å². The Bertz CT molecular complexity index is 833. The van der Waals surface area contributed by atoms with Gasteiger partial charge in [-0.2, -0.15) is 5.26 Å². The lowest BCUT2D eigenvalue weighted by Crippen LogP contribution is -2.34. The molecule has 6 heteroatoms.